The molecule has 0 radical (unpaired) electrons. The van der Waals surface area contributed by atoms with E-state index in [1.165, 1.54) is 12.1 Å². The van der Waals surface area contributed by atoms with Crippen molar-refractivity contribution >= 4 is 34.1 Å². The van der Waals surface area contributed by atoms with E-state index < -0.39 is 0 Å². The van der Waals surface area contributed by atoms with Gasteiger partial charge in [-0.15, -0.1) is 0 Å². The molecule has 0 aliphatic heterocycles. The molecule has 1 heterocycles. The maximum absolute atomic E-state index is 13.6. The standard InChI is InChI=1S/C18H14Cl2FNO/c1-10-11(2)18(23)22(17-6-4-13(21)8-14(10)17)9-12-3-5-15(19)16(20)7-12/h3-8H,9H2,1-2H3. The maximum Gasteiger partial charge on any atom is 0.254 e. The Labute approximate surface area is 143 Å². The van der Waals surface area contributed by atoms with Crippen molar-refractivity contribution in [3.8, 4) is 0 Å². The van der Waals surface area contributed by atoms with Crippen molar-refractivity contribution in [2.24, 2.45) is 0 Å². The van der Waals surface area contributed by atoms with E-state index in [9.17, 15) is 9.18 Å². The fourth-order valence-corrected chi connectivity index (χ4v) is 3.02. The van der Waals surface area contributed by atoms with Gasteiger partial charge in [-0.25, -0.2) is 4.39 Å². The molecule has 23 heavy (non-hydrogen) atoms. The fourth-order valence-electron chi connectivity index (χ4n) is 2.70. The molecule has 118 valence electrons. The summed E-state index contributed by atoms with van der Waals surface area (Å²) in [5.74, 6) is -0.320. The number of fused-ring (bicyclic) bond motifs is 1. The van der Waals surface area contributed by atoms with Crippen LogP contribution in [0.3, 0.4) is 0 Å². The van der Waals surface area contributed by atoms with E-state index in [2.05, 4.69) is 0 Å². The number of benzene rings is 2. The van der Waals surface area contributed by atoms with Crippen LogP contribution in [0.5, 0.6) is 0 Å². The minimum absolute atomic E-state index is 0.0901. The summed E-state index contributed by atoms with van der Waals surface area (Å²) in [7, 11) is 0. The van der Waals surface area contributed by atoms with Gasteiger partial charge in [0.1, 0.15) is 5.82 Å². The summed E-state index contributed by atoms with van der Waals surface area (Å²) in [5, 5.41) is 1.65. The summed E-state index contributed by atoms with van der Waals surface area (Å²) in [6.45, 7) is 3.94. The molecular formula is C18H14Cl2FNO. The van der Waals surface area contributed by atoms with Crippen LogP contribution >= 0.6 is 23.2 Å². The van der Waals surface area contributed by atoms with Gasteiger partial charge in [0.25, 0.3) is 5.56 Å². The van der Waals surface area contributed by atoms with Gasteiger partial charge in [-0.2, -0.15) is 0 Å². The molecule has 0 saturated heterocycles. The highest BCUT2D eigenvalue weighted by molar-refractivity contribution is 6.42. The molecular weight excluding hydrogens is 336 g/mol. The Kier molecular flexibility index (Phi) is 4.17. The number of hydrogen-bond donors (Lipinski definition) is 0. The molecule has 0 aliphatic carbocycles. The van der Waals surface area contributed by atoms with Gasteiger partial charge in [0, 0.05) is 10.9 Å². The first-order valence-corrected chi connectivity index (χ1v) is 7.87. The Hall–Kier alpha value is -1.84. The van der Waals surface area contributed by atoms with Crippen molar-refractivity contribution in [3.05, 3.63) is 79.3 Å². The van der Waals surface area contributed by atoms with Gasteiger partial charge in [0.15, 0.2) is 0 Å². The van der Waals surface area contributed by atoms with Gasteiger partial charge in [0.2, 0.25) is 0 Å². The highest BCUT2D eigenvalue weighted by Gasteiger charge is 2.12. The molecule has 5 heteroatoms. The minimum Gasteiger partial charge on any atom is -0.304 e. The van der Waals surface area contributed by atoms with Crippen LogP contribution < -0.4 is 5.56 Å². The van der Waals surface area contributed by atoms with Crippen molar-refractivity contribution in [3.63, 3.8) is 0 Å². The normalized spacial score (nSPS) is 11.2. The van der Waals surface area contributed by atoms with Crippen LogP contribution in [0.1, 0.15) is 16.7 Å². The third-order valence-corrected chi connectivity index (χ3v) is 4.85. The molecule has 3 rings (SSSR count). The first kappa shape index (κ1) is 16.0. The Morgan fingerprint density at radius 2 is 1.74 bits per heavy atom. The van der Waals surface area contributed by atoms with E-state index in [-0.39, 0.29) is 11.4 Å². The molecule has 3 aromatic rings. The zero-order valence-electron chi connectivity index (χ0n) is 12.7. The summed E-state index contributed by atoms with van der Waals surface area (Å²) in [6, 6.07) is 9.72. The Morgan fingerprint density at radius 1 is 1.00 bits per heavy atom. The Balaban J connectivity index is 2.24. The Morgan fingerprint density at radius 3 is 2.43 bits per heavy atom. The number of pyridine rings is 1. The molecule has 2 nitrogen and oxygen atoms in total. The van der Waals surface area contributed by atoms with Crippen molar-refractivity contribution < 1.29 is 4.39 Å². The van der Waals surface area contributed by atoms with Gasteiger partial charge in [0.05, 0.1) is 22.1 Å². The monoisotopic (exact) mass is 349 g/mol. The molecule has 0 fully saturated rings. The third kappa shape index (κ3) is 2.87. The van der Waals surface area contributed by atoms with Crippen molar-refractivity contribution in [1.29, 1.82) is 0 Å². The van der Waals surface area contributed by atoms with Crippen molar-refractivity contribution in [2.75, 3.05) is 0 Å². The number of aryl methyl sites for hydroxylation is 1. The van der Waals surface area contributed by atoms with Crippen molar-refractivity contribution in [1.82, 2.24) is 4.57 Å². The number of hydrogen-bond acceptors (Lipinski definition) is 1. The SMILES string of the molecule is Cc1c(C)c2cc(F)ccc2n(Cc2ccc(Cl)c(Cl)c2)c1=O. The summed E-state index contributed by atoms with van der Waals surface area (Å²) < 4.78 is 15.2. The number of nitrogens with zero attached hydrogens (tertiary/aromatic N) is 1. The molecule has 0 saturated carbocycles. The second-order valence-corrected chi connectivity index (χ2v) is 6.37. The number of rotatable bonds is 2. The topological polar surface area (TPSA) is 22.0 Å². The zero-order valence-corrected chi connectivity index (χ0v) is 14.2. The quantitative estimate of drug-likeness (QED) is 0.629. The van der Waals surface area contributed by atoms with Gasteiger partial charge in [-0.05, 0) is 55.3 Å². The molecule has 0 amide bonds. The van der Waals surface area contributed by atoms with Crippen LogP contribution in [0, 0.1) is 19.7 Å². The molecule has 0 unspecified atom stereocenters. The largest absolute Gasteiger partial charge is 0.304 e. The van der Waals surface area contributed by atoms with E-state index in [1.54, 1.807) is 29.7 Å². The number of aromatic nitrogens is 1. The molecule has 0 N–H and O–H groups in total. The van der Waals surface area contributed by atoms with Crippen LogP contribution in [-0.2, 0) is 6.54 Å². The van der Waals surface area contributed by atoms with Gasteiger partial charge in [-0.3, -0.25) is 4.79 Å². The predicted molar refractivity (Wildman–Crippen MR) is 93.2 cm³/mol. The maximum atomic E-state index is 13.6. The van der Waals surface area contributed by atoms with E-state index in [0.29, 0.717) is 27.7 Å². The summed E-state index contributed by atoms with van der Waals surface area (Å²) >= 11 is 12.0. The van der Waals surface area contributed by atoms with Gasteiger partial charge >= 0.3 is 0 Å². The molecule has 0 aliphatic rings. The average Bonchev–Trinajstić information content (AvgIpc) is 2.53. The van der Waals surface area contributed by atoms with Crippen LogP contribution in [-0.4, -0.2) is 4.57 Å². The zero-order chi connectivity index (χ0) is 16.7. The van der Waals surface area contributed by atoms with Crippen LogP contribution in [0.15, 0.2) is 41.2 Å². The lowest BCUT2D eigenvalue weighted by atomic mass is 10.0. The second kappa shape index (κ2) is 5.99. The Bertz CT molecular complexity index is 979. The lowest BCUT2D eigenvalue weighted by molar-refractivity contribution is 0.629. The third-order valence-electron chi connectivity index (χ3n) is 4.11. The predicted octanol–water partition coefficient (Wildman–Crippen LogP) is 5.11. The van der Waals surface area contributed by atoms with E-state index in [0.717, 1.165) is 16.5 Å². The molecule has 2 aromatic carbocycles. The lowest BCUT2D eigenvalue weighted by Gasteiger charge is -2.15. The highest BCUT2D eigenvalue weighted by Crippen LogP contribution is 2.25. The lowest BCUT2D eigenvalue weighted by Crippen LogP contribution is -2.24. The highest BCUT2D eigenvalue weighted by atomic mass is 35.5. The molecule has 0 bridgehead atoms. The summed E-state index contributed by atoms with van der Waals surface area (Å²) in [4.78, 5) is 12.7. The van der Waals surface area contributed by atoms with Gasteiger partial charge in [-0.1, -0.05) is 29.3 Å². The van der Waals surface area contributed by atoms with Crippen molar-refractivity contribution in [2.45, 2.75) is 20.4 Å². The minimum atomic E-state index is -0.320. The molecule has 1 aromatic heterocycles. The molecule has 0 spiro atoms. The van der Waals surface area contributed by atoms with E-state index in [4.69, 9.17) is 23.2 Å². The summed E-state index contributed by atoms with van der Waals surface area (Å²) in [6.07, 6.45) is 0. The number of halogens is 3. The smallest absolute Gasteiger partial charge is 0.254 e. The first-order chi connectivity index (χ1) is 10.9. The first-order valence-electron chi connectivity index (χ1n) is 7.11. The van der Waals surface area contributed by atoms with Crippen LogP contribution in [0.4, 0.5) is 4.39 Å². The average molecular weight is 350 g/mol. The van der Waals surface area contributed by atoms with Gasteiger partial charge < -0.3 is 4.57 Å². The fraction of sp³-hybridized carbons (Fsp3) is 0.167. The van der Waals surface area contributed by atoms with Crippen LogP contribution in [0.2, 0.25) is 10.0 Å². The summed E-state index contributed by atoms with van der Waals surface area (Å²) in [5.41, 5.74) is 2.88. The van der Waals surface area contributed by atoms with Crippen LogP contribution in [0.25, 0.3) is 10.9 Å². The van der Waals surface area contributed by atoms with E-state index in [1.807, 2.05) is 13.0 Å². The van der Waals surface area contributed by atoms with E-state index >= 15 is 0 Å². The molecule has 0 atom stereocenters. The second-order valence-electron chi connectivity index (χ2n) is 5.55.